The first-order chi connectivity index (χ1) is 10.9. The second-order valence-corrected chi connectivity index (χ2v) is 5.49. The van der Waals surface area contributed by atoms with E-state index in [0.717, 1.165) is 11.6 Å². The van der Waals surface area contributed by atoms with Crippen LogP contribution in [0, 0.1) is 17.0 Å². The second-order valence-electron chi connectivity index (χ2n) is 4.64. The number of nitrogens with one attached hydrogen (secondary N) is 1. The normalized spacial score (nSPS) is 10.2. The summed E-state index contributed by atoms with van der Waals surface area (Å²) in [5.74, 6) is -0.652. The van der Waals surface area contributed by atoms with E-state index in [4.69, 9.17) is 27.9 Å². The monoisotopic (exact) mass is 354 g/mol. The highest BCUT2D eigenvalue weighted by molar-refractivity contribution is 6.36. The fourth-order valence-electron chi connectivity index (χ4n) is 1.86. The SMILES string of the molecule is Cc1ccccc1NC(=O)COc1c(Cl)cc(Cl)cc1[N+](=O)[O-]. The highest BCUT2D eigenvalue weighted by Crippen LogP contribution is 2.37. The summed E-state index contributed by atoms with van der Waals surface area (Å²) in [5, 5.41) is 13.7. The molecule has 2 aromatic rings. The van der Waals surface area contributed by atoms with Crippen molar-refractivity contribution in [2.24, 2.45) is 0 Å². The van der Waals surface area contributed by atoms with Crippen LogP contribution in [0.4, 0.5) is 11.4 Å². The number of carbonyl (C=O) groups is 1. The third-order valence-electron chi connectivity index (χ3n) is 2.95. The number of rotatable bonds is 5. The summed E-state index contributed by atoms with van der Waals surface area (Å²) in [5.41, 5.74) is 1.13. The number of nitro benzene ring substituents is 1. The summed E-state index contributed by atoms with van der Waals surface area (Å²) >= 11 is 11.6. The van der Waals surface area contributed by atoms with Crippen LogP contribution in [-0.2, 0) is 4.79 Å². The molecule has 0 unspecified atom stereocenters. The van der Waals surface area contributed by atoms with E-state index < -0.39 is 23.1 Å². The lowest BCUT2D eigenvalue weighted by molar-refractivity contribution is -0.385. The van der Waals surface area contributed by atoms with Crippen molar-refractivity contribution in [2.45, 2.75) is 6.92 Å². The first-order valence-electron chi connectivity index (χ1n) is 6.50. The maximum absolute atomic E-state index is 11.9. The third kappa shape index (κ3) is 4.34. The minimum Gasteiger partial charge on any atom is -0.476 e. The zero-order chi connectivity index (χ0) is 17.0. The van der Waals surface area contributed by atoms with Gasteiger partial charge in [0.25, 0.3) is 5.91 Å². The van der Waals surface area contributed by atoms with Crippen molar-refractivity contribution in [1.82, 2.24) is 0 Å². The van der Waals surface area contributed by atoms with Crippen LogP contribution in [-0.4, -0.2) is 17.4 Å². The van der Waals surface area contributed by atoms with Crippen LogP contribution in [0.2, 0.25) is 10.0 Å². The summed E-state index contributed by atoms with van der Waals surface area (Å²) in [6.07, 6.45) is 0. The van der Waals surface area contributed by atoms with Gasteiger partial charge in [0.1, 0.15) is 0 Å². The zero-order valence-corrected chi connectivity index (χ0v) is 13.5. The summed E-state index contributed by atoms with van der Waals surface area (Å²) in [7, 11) is 0. The quantitative estimate of drug-likeness (QED) is 0.643. The Morgan fingerprint density at radius 2 is 2.00 bits per heavy atom. The van der Waals surface area contributed by atoms with Gasteiger partial charge in [-0.05, 0) is 24.6 Å². The molecule has 0 aliphatic carbocycles. The van der Waals surface area contributed by atoms with E-state index in [1.807, 2.05) is 19.1 Å². The molecule has 0 aliphatic heterocycles. The predicted molar refractivity (Wildman–Crippen MR) is 88.4 cm³/mol. The van der Waals surface area contributed by atoms with Crippen LogP contribution in [0.25, 0.3) is 0 Å². The highest BCUT2D eigenvalue weighted by atomic mass is 35.5. The van der Waals surface area contributed by atoms with Crippen molar-refractivity contribution in [2.75, 3.05) is 11.9 Å². The van der Waals surface area contributed by atoms with E-state index >= 15 is 0 Å². The lowest BCUT2D eigenvalue weighted by Gasteiger charge is -2.10. The van der Waals surface area contributed by atoms with Gasteiger partial charge in [-0.15, -0.1) is 0 Å². The highest BCUT2D eigenvalue weighted by Gasteiger charge is 2.21. The van der Waals surface area contributed by atoms with Gasteiger partial charge in [-0.2, -0.15) is 0 Å². The molecule has 0 spiro atoms. The van der Waals surface area contributed by atoms with Crippen molar-refractivity contribution < 1.29 is 14.5 Å². The Bertz CT molecular complexity index is 765. The van der Waals surface area contributed by atoms with E-state index in [1.54, 1.807) is 12.1 Å². The molecule has 2 aromatic carbocycles. The maximum Gasteiger partial charge on any atom is 0.314 e. The molecule has 23 heavy (non-hydrogen) atoms. The molecule has 0 aromatic heterocycles. The average Bonchev–Trinajstić information content (AvgIpc) is 2.48. The summed E-state index contributed by atoms with van der Waals surface area (Å²) in [4.78, 5) is 22.3. The smallest absolute Gasteiger partial charge is 0.314 e. The fraction of sp³-hybridized carbons (Fsp3) is 0.133. The Hall–Kier alpha value is -2.31. The third-order valence-corrected chi connectivity index (χ3v) is 3.45. The van der Waals surface area contributed by atoms with Crippen LogP contribution in [0.1, 0.15) is 5.56 Å². The number of amides is 1. The van der Waals surface area contributed by atoms with Gasteiger partial charge in [0.15, 0.2) is 6.61 Å². The first kappa shape index (κ1) is 17.1. The molecule has 0 bridgehead atoms. The maximum atomic E-state index is 11.9. The topological polar surface area (TPSA) is 81.5 Å². The molecule has 1 N–H and O–H groups in total. The van der Waals surface area contributed by atoms with Gasteiger partial charge in [-0.25, -0.2) is 0 Å². The molecule has 1 amide bonds. The molecule has 2 rings (SSSR count). The number of carbonyl (C=O) groups excluding carboxylic acids is 1. The first-order valence-corrected chi connectivity index (χ1v) is 7.26. The molecular formula is C15H12Cl2N2O4. The minimum absolute atomic E-state index is 0.0344. The number of anilines is 1. The van der Waals surface area contributed by atoms with Crippen molar-refractivity contribution in [1.29, 1.82) is 0 Å². The molecule has 0 aliphatic rings. The van der Waals surface area contributed by atoms with Gasteiger partial charge in [-0.1, -0.05) is 41.4 Å². The van der Waals surface area contributed by atoms with Crippen LogP contribution < -0.4 is 10.1 Å². The number of nitrogens with zero attached hydrogens (tertiary/aromatic N) is 1. The Morgan fingerprint density at radius 3 is 2.65 bits per heavy atom. The van der Waals surface area contributed by atoms with Crippen LogP contribution in [0.3, 0.4) is 0 Å². The summed E-state index contributed by atoms with van der Waals surface area (Å²) in [6, 6.07) is 9.64. The molecule has 120 valence electrons. The molecule has 0 radical (unpaired) electrons. The molecule has 0 saturated carbocycles. The molecule has 0 heterocycles. The van der Waals surface area contributed by atoms with Gasteiger partial charge >= 0.3 is 5.69 Å². The number of halogens is 2. The van der Waals surface area contributed by atoms with E-state index in [2.05, 4.69) is 5.32 Å². The minimum atomic E-state index is -0.674. The Kier molecular flexibility index (Phi) is 5.41. The van der Waals surface area contributed by atoms with Gasteiger partial charge in [0.2, 0.25) is 5.75 Å². The number of nitro groups is 1. The zero-order valence-electron chi connectivity index (χ0n) is 12.0. The van der Waals surface area contributed by atoms with Gasteiger partial charge < -0.3 is 10.1 Å². The predicted octanol–water partition coefficient (Wildman–Crippen LogP) is 4.23. The lowest BCUT2D eigenvalue weighted by atomic mass is 10.2. The molecule has 6 nitrogen and oxygen atoms in total. The number of ether oxygens (including phenoxy) is 1. The second kappa shape index (κ2) is 7.30. The van der Waals surface area contributed by atoms with Gasteiger partial charge in [0, 0.05) is 16.8 Å². The Labute approximate surface area is 142 Å². The number of benzene rings is 2. The molecule has 0 saturated heterocycles. The average molecular weight is 355 g/mol. The number of hydrogen-bond donors (Lipinski definition) is 1. The molecule has 0 fully saturated rings. The van der Waals surface area contributed by atoms with Crippen LogP contribution in [0.15, 0.2) is 36.4 Å². The van der Waals surface area contributed by atoms with Crippen LogP contribution >= 0.6 is 23.2 Å². The van der Waals surface area contributed by atoms with Crippen molar-refractivity contribution in [3.8, 4) is 5.75 Å². The van der Waals surface area contributed by atoms with Crippen molar-refractivity contribution in [3.05, 3.63) is 62.1 Å². The number of hydrogen-bond acceptors (Lipinski definition) is 4. The van der Waals surface area contributed by atoms with E-state index in [-0.39, 0.29) is 15.8 Å². The number of aryl methyl sites for hydroxylation is 1. The van der Waals surface area contributed by atoms with Crippen molar-refractivity contribution in [3.63, 3.8) is 0 Å². The Morgan fingerprint density at radius 1 is 1.30 bits per heavy atom. The van der Waals surface area contributed by atoms with Crippen molar-refractivity contribution >= 4 is 40.5 Å². The molecular weight excluding hydrogens is 343 g/mol. The Balaban J connectivity index is 2.10. The number of para-hydroxylation sites is 1. The van der Waals surface area contributed by atoms with Crippen LogP contribution in [0.5, 0.6) is 5.75 Å². The summed E-state index contributed by atoms with van der Waals surface area (Å²) in [6.45, 7) is 1.42. The van der Waals surface area contributed by atoms with E-state index in [1.165, 1.54) is 6.07 Å². The largest absolute Gasteiger partial charge is 0.476 e. The summed E-state index contributed by atoms with van der Waals surface area (Å²) < 4.78 is 5.21. The lowest BCUT2D eigenvalue weighted by Crippen LogP contribution is -2.21. The van der Waals surface area contributed by atoms with Gasteiger partial charge in [-0.3, -0.25) is 14.9 Å². The molecule has 8 heteroatoms. The van der Waals surface area contributed by atoms with E-state index in [9.17, 15) is 14.9 Å². The molecule has 0 atom stereocenters. The van der Waals surface area contributed by atoms with Gasteiger partial charge in [0.05, 0.1) is 9.95 Å². The standard InChI is InChI=1S/C15H12Cl2N2O4/c1-9-4-2-3-5-12(9)18-14(20)8-23-15-11(17)6-10(16)7-13(15)19(21)22/h2-7H,8H2,1H3,(H,18,20). The fourth-order valence-corrected chi connectivity index (χ4v) is 2.40. The van der Waals surface area contributed by atoms with E-state index in [0.29, 0.717) is 5.69 Å².